The molecule has 25 heavy (non-hydrogen) atoms. The third kappa shape index (κ3) is 3.48. The van der Waals surface area contributed by atoms with Crippen LogP contribution in [-0.4, -0.2) is 51.3 Å². The van der Waals surface area contributed by atoms with Gasteiger partial charge in [0.15, 0.2) is 0 Å². The summed E-state index contributed by atoms with van der Waals surface area (Å²) in [7, 11) is 2.15. The molecule has 2 aromatic carbocycles. The minimum Gasteiger partial charge on any atom is -0.378 e. The molecule has 4 rings (SSSR count). The lowest BCUT2D eigenvalue weighted by molar-refractivity contribution is 0.122. The summed E-state index contributed by atoms with van der Waals surface area (Å²) in [6.45, 7) is 6.25. The van der Waals surface area contributed by atoms with Gasteiger partial charge in [-0.1, -0.05) is 0 Å². The summed E-state index contributed by atoms with van der Waals surface area (Å²) in [5.41, 5.74) is 4.83. The van der Waals surface area contributed by atoms with Crippen molar-refractivity contribution >= 4 is 17.1 Å². The first kappa shape index (κ1) is 16.4. The lowest BCUT2D eigenvalue weighted by atomic mass is 10.1. The lowest BCUT2D eigenvalue weighted by Crippen LogP contribution is -2.36. The van der Waals surface area contributed by atoms with Crippen molar-refractivity contribution in [3.63, 3.8) is 0 Å². The van der Waals surface area contributed by atoms with E-state index in [2.05, 4.69) is 39.9 Å². The number of fused-ring (bicyclic) bond motifs is 1. The second kappa shape index (κ2) is 7.02. The number of benzene rings is 2. The Bertz CT molecular complexity index is 728. The minimum absolute atomic E-state index is 0.196. The van der Waals surface area contributed by atoms with E-state index < -0.39 is 0 Å². The summed E-state index contributed by atoms with van der Waals surface area (Å²) in [5.74, 6) is -0.196. The standard InChI is InChI=1S/C20H24FN3O/c1-22-8-9-24(18-4-2-17(21)3-5-18)20-7-6-19(14-16(20)15-22)23-10-12-25-13-11-23/h2-7,14H,8-13,15H2,1H3. The molecule has 0 spiro atoms. The molecular weight excluding hydrogens is 317 g/mol. The van der Waals surface area contributed by atoms with Crippen LogP contribution < -0.4 is 9.80 Å². The second-order valence-corrected chi connectivity index (χ2v) is 6.78. The van der Waals surface area contributed by atoms with Gasteiger partial charge in [-0.3, -0.25) is 0 Å². The SMILES string of the molecule is CN1CCN(c2ccc(F)cc2)c2ccc(N3CCOCC3)cc2C1. The number of nitrogens with zero attached hydrogens (tertiary/aromatic N) is 3. The van der Waals surface area contributed by atoms with Crippen LogP contribution in [0.4, 0.5) is 21.5 Å². The maximum atomic E-state index is 13.3. The first-order valence-corrected chi connectivity index (χ1v) is 8.88. The first-order chi connectivity index (χ1) is 12.2. The van der Waals surface area contributed by atoms with Crippen LogP contribution in [0.25, 0.3) is 0 Å². The quantitative estimate of drug-likeness (QED) is 0.835. The van der Waals surface area contributed by atoms with E-state index in [9.17, 15) is 4.39 Å². The van der Waals surface area contributed by atoms with E-state index in [-0.39, 0.29) is 5.82 Å². The van der Waals surface area contributed by atoms with E-state index >= 15 is 0 Å². The number of ether oxygens (including phenoxy) is 1. The largest absolute Gasteiger partial charge is 0.378 e. The van der Waals surface area contributed by atoms with Gasteiger partial charge < -0.3 is 19.4 Å². The van der Waals surface area contributed by atoms with Gasteiger partial charge in [0, 0.05) is 49.8 Å². The number of likely N-dealkylation sites (N-methyl/N-ethyl adjacent to an activating group) is 1. The van der Waals surface area contributed by atoms with Crippen molar-refractivity contribution in [1.29, 1.82) is 0 Å². The maximum absolute atomic E-state index is 13.3. The molecule has 2 aromatic rings. The third-order valence-corrected chi connectivity index (χ3v) is 5.01. The highest BCUT2D eigenvalue weighted by Crippen LogP contribution is 2.34. The van der Waals surface area contributed by atoms with Crippen molar-refractivity contribution in [2.75, 3.05) is 56.2 Å². The Hall–Kier alpha value is -2.11. The molecule has 0 unspecified atom stereocenters. The van der Waals surface area contributed by atoms with Crippen molar-refractivity contribution in [2.45, 2.75) is 6.54 Å². The van der Waals surface area contributed by atoms with Crippen LogP contribution >= 0.6 is 0 Å². The van der Waals surface area contributed by atoms with Crippen molar-refractivity contribution in [3.05, 3.63) is 53.8 Å². The third-order valence-electron chi connectivity index (χ3n) is 5.01. The molecule has 2 aliphatic heterocycles. The first-order valence-electron chi connectivity index (χ1n) is 8.88. The van der Waals surface area contributed by atoms with Crippen LogP contribution in [-0.2, 0) is 11.3 Å². The summed E-state index contributed by atoms with van der Waals surface area (Å²) >= 11 is 0. The second-order valence-electron chi connectivity index (χ2n) is 6.78. The fourth-order valence-electron chi connectivity index (χ4n) is 3.63. The summed E-state index contributed by atoms with van der Waals surface area (Å²) < 4.78 is 18.8. The van der Waals surface area contributed by atoms with Gasteiger partial charge in [-0.15, -0.1) is 0 Å². The van der Waals surface area contributed by atoms with Gasteiger partial charge in [-0.05, 0) is 55.1 Å². The molecule has 0 N–H and O–H groups in total. The summed E-state index contributed by atoms with van der Waals surface area (Å²) in [6, 6.07) is 13.5. The Morgan fingerprint density at radius 2 is 1.60 bits per heavy atom. The van der Waals surface area contributed by atoms with Gasteiger partial charge in [-0.2, -0.15) is 0 Å². The number of anilines is 3. The number of rotatable bonds is 2. The number of hydrogen-bond donors (Lipinski definition) is 0. The number of halogens is 1. The summed E-state index contributed by atoms with van der Waals surface area (Å²) in [4.78, 5) is 7.02. The zero-order chi connectivity index (χ0) is 17.2. The van der Waals surface area contributed by atoms with Crippen LogP contribution in [0.5, 0.6) is 0 Å². The summed E-state index contributed by atoms with van der Waals surface area (Å²) in [6.07, 6.45) is 0. The number of hydrogen-bond acceptors (Lipinski definition) is 4. The van der Waals surface area contributed by atoms with Crippen molar-refractivity contribution in [3.8, 4) is 0 Å². The Morgan fingerprint density at radius 1 is 0.880 bits per heavy atom. The van der Waals surface area contributed by atoms with Gasteiger partial charge in [0.2, 0.25) is 0 Å². The van der Waals surface area contributed by atoms with E-state index in [0.29, 0.717) is 0 Å². The van der Waals surface area contributed by atoms with E-state index in [1.807, 2.05) is 12.1 Å². The summed E-state index contributed by atoms with van der Waals surface area (Å²) in [5, 5.41) is 0. The molecule has 0 bridgehead atoms. The molecular formula is C20H24FN3O. The lowest BCUT2D eigenvalue weighted by Gasteiger charge is -2.30. The average Bonchev–Trinajstić information content (AvgIpc) is 2.81. The smallest absolute Gasteiger partial charge is 0.123 e. The Labute approximate surface area is 148 Å². The van der Waals surface area contributed by atoms with Crippen LogP contribution in [0, 0.1) is 5.82 Å². The molecule has 0 radical (unpaired) electrons. The molecule has 0 saturated carbocycles. The molecule has 4 nitrogen and oxygen atoms in total. The molecule has 0 aliphatic carbocycles. The predicted octanol–water partition coefficient (Wildman–Crippen LogP) is 3.25. The zero-order valence-corrected chi connectivity index (χ0v) is 14.6. The molecule has 0 aromatic heterocycles. The Kier molecular flexibility index (Phi) is 4.59. The molecule has 1 fully saturated rings. The molecule has 2 heterocycles. The highest BCUT2D eigenvalue weighted by atomic mass is 19.1. The fourth-order valence-corrected chi connectivity index (χ4v) is 3.63. The van der Waals surface area contributed by atoms with Crippen LogP contribution in [0.1, 0.15) is 5.56 Å². The monoisotopic (exact) mass is 341 g/mol. The Balaban J connectivity index is 1.69. The van der Waals surface area contributed by atoms with Crippen molar-refractivity contribution in [1.82, 2.24) is 4.90 Å². The van der Waals surface area contributed by atoms with Crippen molar-refractivity contribution < 1.29 is 9.13 Å². The molecule has 5 heteroatoms. The normalized spacial score (nSPS) is 18.8. The number of morpholine rings is 1. The molecule has 132 valence electrons. The van der Waals surface area contributed by atoms with E-state index in [4.69, 9.17) is 4.74 Å². The van der Waals surface area contributed by atoms with E-state index in [1.165, 1.54) is 29.1 Å². The van der Waals surface area contributed by atoms with E-state index in [1.54, 1.807) is 0 Å². The van der Waals surface area contributed by atoms with Gasteiger partial charge >= 0.3 is 0 Å². The predicted molar refractivity (Wildman–Crippen MR) is 99.2 cm³/mol. The highest BCUT2D eigenvalue weighted by Gasteiger charge is 2.21. The average molecular weight is 341 g/mol. The van der Waals surface area contributed by atoms with Gasteiger partial charge in [0.05, 0.1) is 13.2 Å². The van der Waals surface area contributed by atoms with Crippen molar-refractivity contribution in [2.24, 2.45) is 0 Å². The molecule has 0 amide bonds. The van der Waals surface area contributed by atoms with E-state index in [0.717, 1.165) is 51.6 Å². The zero-order valence-electron chi connectivity index (χ0n) is 14.6. The Morgan fingerprint density at radius 3 is 2.36 bits per heavy atom. The van der Waals surface area contributed by atoms with Gasteiger partial charge in [-0.25, -0.2) is 4.39 Å². The maximum Gasteiger partial charge on any atom is 0.123 e. The molecule has 1 saturated heterocycles. The molecule has 0 atom stereocenters. The molecule has 2 aliphatic rings. The van der Waals surface area contributed by atoms with Gasteiger partial charge in [0.1, 0.15) is 5.82 Å². The highest BCUT2D eigenvalue weighted by molar-refractivity contribution is 5.70. The van der Waals surface area contributed by atoms with Crippen LogP contribution in [0.15, 0.2) is 42.5 Å². The van der Waals surface area contributed by atoms with Gasteiger partial charge in [0.25, 0.3) is 0 Å². The topological polar surface area (TPSA) is 19.0 Å². The van der Waals surface area contributed by atoms with Crippen LogP contribution in [0.3, 0.4) is 0 Å². The van der Waals surface area contributed by atoms with Crippen LogP contribution in [0.2, 0.25) is 0 Å². The minimum atomic E-state index is -0.196. The fraction of sp³-hybridized carbons (Fsp3) is 0.400.